The third-order valence-electron chi connectivity index (χ3n) is 22.0. The molecule has 0 spiro atoms. The lowest BCUT2D eigenvalue weighted by Gasteiger charge is -2.47. The fourth-order valence-corrected chi connectivity index (χ4v) is 15.5. The van der Waals surface area contributed by atoms with Gasteiger partial charge in [0, 0.05) is 86.1 Å². The molecule has 0 aliphatic carbocycles. The second-order valence-corrected chi connectivity index (χ2v) is 29.9. The Morgan fingerprint density at radius 1 is 0.484 bits per heavy atom. The number of rotatable bonds is 17. The Labute approximate surface area is 701 Å². The quantitative estimate of drug-likeness (QED) is 0.0482. The van der Waals surface area contributed by atoms with Gasteiger partial charge >= 0.3 is 29.8 Å². The number of carbonyl (C=O) groups excluding carboxylic acids is 6. The minimum absolute atomic E-state index is 0.0392. The minimum atomic E-state index is -1.66. The lowest BCUT2D eigenvalue weighted by Crippen LogP contribution is -2.57. The van der Waals surface area contributed by atoms with E-state index in [0.29, 0.717) is 56.2 Å². The van der Waals surface area contributed by atoms with E-state index in [9.17, 15) is 90.9 Å². The molecular weight excluding hydrogens is 1690 g/mol. The second kappa shape index (κ2) is 46.3. The van der Waals surface area contributed by atoms with Crippen LogP contribution in [0, 0.1) is 47.1 Å². The molecule has 682 valence electrons. The van der Waals surface area contributed by atoms with Crippen molar-refractivity contribution in [3.63, 3.8) is 0 Å². The highest BCUT2D eigenvalue weighted by Gasteiger charge is 2.57. The van der Waals surface area contributed by atoms with E-state index in [0.717, 1.165) is 0 Å². The van der Waals surface area contributed by atoms with E-state index in [4.69, 9.17) is 67.6 Å². The number of halogens is 13. The summed E-state index contributed by atoms with van der Waals surface area (Å²) < 4.78 is 214. The van der Waals surface area contributed by atoms with Crippen molar-refractivity contribution in [1.29, 1.82) is 0 Å². The van der Waals surface area contributed by atoms with Crippen molar-refractivity contribution in [1.82, 2.24) is 10.8 Å². The molecule has 1 unspecified atom stereocenters. The fourth-order valence-electron chi connectivity index (χ4n) is 15.5. The Hall–Kier alpha value is -9.92. The lowest BCUT2D eigenvalue weighted by molar-refractivity contribution is -0.211. The predicted octanol–water partition coefficient (Wildman–Crippen LogP) is 8.20. The van der Waals surface area contributed by atoms with Gasteiger partial charge in [0.1, 0.15) is 192 Å². The number of aliphatic hydroxyl groups excluding tert-OH is 3. The van der Waals surface area contributed by atoms with Crippen molar-refractivity contribution in [3.05, 3.63) is 131 Å². The number of nitrogens with zero attached hydrogens (tertiary/aromatic N) is 5. The average Bonchev–Trinajstić information content (AvgIpc) is 1.27. The van der Waals surface area contributed by atoms with E-state index in [2.05, 4.69) is 45.9 Å². The number of amidine groups is 1. The van der Waals surface area contributed by atoms with Crippen molar-refractivity contribution >= 4 is 64.6 Å². The smallest absolute Gasteiger partial charge is 0.330 e. The number of hydrogen-bond acceptors (Lipinski definition) is 29. The molecule has 14 aliphatic rings. The second-order valence-electron chi connectivity index (χ2n) is 29.9. The molecule has 17 rings (SSSR count). The number of alkyl halides is 11. The summed E-state index contributed by atoms with van der Waals surface area (Å²) >= 11 is 0. The normalized spacial score (nSPS) is 33.3. The molecule has 14 heterocycles. The van der Waals surface area contributed by atoms with Gasteiger partial charge in [0.25, 0.3) is 11.9 Å². The van der Waals surface area contributed by atoms with Crippen molar-refractivity contribution < 1.29 is 168 Å². The molecule has 43 heteroatoms. The van der Waals surface area contributed by atoms with Crippen molar-refractivity contribution in [2.24, 2.45) is 61.1 Å². The molecule has 7 fully saturated rings. The van der Waals surface area contributed by atoms with E-state index >= 15 is 0 Å². The number of benzene rings is 3. The lowest BCUT2D eigenvalue weighted by atomic mass is 9.73. The Morgan fingerprint density at radius 3 is 1.42 bits per heavy atom. The SMILES string of the molecule is CCC1=NO[C@@H]2C[C@@H](CF)OC(=O)[C@H]12.FC[C@@H]1C[C@H]2ON[C@](CF)(c3ccccc3F)[C@H]2CO1.O=C(NC1=N[C@](CF)(c2ccccc2F)[C@H]2CO[C@H](CF)C[C@H]2O1)c1ccccc1.O=C1C=CC[C@@H](CF)O1.O=C1C=CC[C@@H](CO)O1.O=C1O[C@H](CF)C[C@H]2ON=C(CF)[C@@H]12.O=C1O[C@H](CF)C[C@H]2ON=C(CO)[C@@H]12.OC1O[C@H](CF)C[C@H]2ON=C(CF)[C@@H]12. The molecule has 14 aliphatic heterocycles. The van der Waals surface area contributed by atoms with Crippen LogP contribution in [0.15, 0.2) is 129 Å². The van der Waals surface area contributed by atoms with E-state index in [-0.39, 0.29) is 104 Å². The number of amides is 1. The molecule has 3 aromatic carbocycles. The van der Waals surface area contributed by atoms with Gasteiger partial charge in [-0.15, -0.1) is 0 Å². The number of esters is 5. The predicted molar refractivity (Wildman–Crippen MR) is 406 cm³/mol. The fraction of sp³-hybridized carbons (Fsp3) is 0.593. The molecule has 23 atom stereocenters. The first kappa shape index (κ1) is 96.3. The molecule has 7 saturated heterocycles. The Morgan fingerprint density at radius 2 is 0.935 bits per heavy atom. The number of nitrogens with one attached hydrogen (secondary N) is 2. The van der Waals surface area contributed by atoms with E-state index in [1.807, 2.05) is 6.92 Å². The summed E-state index contributed by atoms with van der Waals surface area (Å²) in [5, 5.41) is 43.7. The summed E-state index contributed by atoms with van der Waals surface area (Å²) in [7, 11) is 0. The maximum absolute atomic E-state index is 14.7. The molecule has 0 aromatic heterocycles. The van der Waals surface area contributed by atoms with Crippen LogP contribution in [0.25, 0.3) is 0 Å². The number of carbonyl (C=O) groups is 6. The van der Waals surface area contributed by atoms with Crippen LogP contribution < -0.4 is 10.8 Å². The average molecular weight is 1780 g/mol. The number of aliphatic hydroxyl groups is 3. The van der Waals surface area contributed by atoms with Crippen LogP contribution in [0.5, 0.6) is 0 Å². The van der Waals surface area contributed by atoms with Crippen molar-refractivity contribution in [2.45, 2.75) is 168 Å². The minimum Gasteiger partial charge on any atom is -0.461 e. The maximum atomic E-state index is 14.7. The van der Waals surface area contributed by atoms with Crippen LogP contribution in [0.2, 0.25) is 0 Å². The van der Waals surface area contributed by atoms with Gasteiger partial charge < -0.3 is 77.3 Å². The zero-order valence-corrected chi connectivity index (χ0v) is 66.6. The first-order valence-corrected chi connectivity index (χ1v) is 39.7. The highest BCUT2D eigenvalue weighted by molar-refractivity contribution is 6.06. The molecular formula is C81H94F13N7O23. The van der Waals surface area contributed by atoms with E-state index in [1.54, 1.807) is 60.7 Å². The van der Waals surface area contributed by atoms with Gasteiger partial charge in [-0.1, -0.05) is 94.3 Å². The van der Waals surface area contributed by atoms with Gasteiger partial charge in [-0.05, 0) is 30.7 Å². The standard InChI is InChI=1S/C22H21F3N2O3.C14H16F3NO2.C9H12FNO3.C8H11F2NO3.C8H9F2NO3.C8H10FNO4.C6H7FO2.C6H8O3/c23-11-15-10-19-17(12-29-15)22(13-24,16-8-4-5-9-18(16)25)27-21(30-19)26-20(28)14-6-2-1-3-7-14;15-6-9-5-13-11(7-19-9)14(8-16,18-20-13)10-3-1-2-4-12(10)17;1-2-6-8-7(14-11-6)3-5(4-10)13-9(8)12;2*9-2-4-1-6-7(8(12)13-4)5(3-10)11-14-6;9-2-4-1-6-7(8(12)13-4)5(3-11)10-14-6;2*7-4-5-2-1-3-6(8)9-5/h1-9,15,17,19H,10-13H2,(H,26,27,28);1-4,9,11,13,18H,5-8H2;5,7-8H,2-4H2,1H3;4,6-8,12H,1-3H2;4,6-7H,1-3H2;4,6-7,11H,1-3H2;1,3,5H,2,4H2;1,3,5,7H,2,4H2/t15-,17-,19+,22+;9-,11-,13+,14+;5-,7+,8+;4-,6+,7+,8?;2*4-,6+,7+;2*5-/m00000000/s1. The number of hydroxylamine groups is 1. The van der Waals surface area contributed by atoms with Gasteiger partial charge in [0.15, 0.2) is 6.29 Å². The molecule has 1 amide bonds. The molecule has 0 saturated carbocycles. The summed E-state index contributed by atoms with van der Waals surface area (Å²) in [6.45, 7) is -6.60. The van der Waals surface area contributed by atoms with Crippen LogP contribution >= 0.6 is 0 Å². The zero-order chi connectivity index (χ0) is 89.2. The van der Waals surface area contributed by atoms with E-state index < -0.39 is 229 Å². The zero-order valence-electron chi connectivity index (χ0n) is 66.6. The number of cyclic esters (lactones) is 5. The summed E-state index contributed by atoms with van der Waals surface area (Å²) in [5.74, 6) is -7.49. The number of aliphatic imine (C=N–C) groups is 1. The maximum Gasteiger partial charge on any atom is 0.330 e. The highest BCUT2D eigenvalue weighted by atomic mass is 19.2. The molecule has 124 heavy (non-hydrogen) atoms. The van der Waals surface area contributed by atoms with Gasteiger partial charge in [-0.25, -0.2) is 71.7 Å². The first-order chi connectivity index (χ1) is 60.0. The Bertz CT molecular complexity index is 4120. The van der Waals surface area contributed by atoms with Crippen LogP contribution in [0.1, 0.15) is 86.2 Å². The number of hydrogen-bond donors (Lipinski definition) is 5. The van der Waals surface area contributed by atoms with Crippen molar-refractivity contribution in [3.8, 4) is 0 Å². The van der Waals surface area contributed by atoms with Crippen LogP contribution in [-0.2, 0) is 102 Å². The monoisotopic (exact) mass is 1780 g/mol. The topological polar surface area (TPSA) is 378 Å². The molecule has 0 radical (unpaired) electrons. The third kappa shape index (κ3) is 23.4. The Balaban J connectivity index is 0.000000153. The van der Waals surface area contributed by atoms with Crippen LogP contribution in [0.3, 0.4) is 0 Å². The Kier molecular flexibility index (Phi) is 36.0. The van der Waals surface area contributed by atoms with Gasteiger partial charge in [0.2, 0.25) is 0 Å². The molecule has 30 nitrogen and oxygen atoms in total. The van der Waals surface area contributed by atoms with Gasteiger partial charge in [-0.2, -0.15) is 5.48 Å². The summed E-state index contributed by atoms with van der Waals surface area (Å²) in [6, 6.07) is 20.0. The van der Waals surface area contributed by atoms with E-state index in [1.165, 1.54) is 42.5 Å². The first-order valence-electron chi connectivity index (χ1n) is 39.7. The number of ether oxygens (including phenoxy) is 9. The molecule has 0 bridgehead atoms. The summed E-state index contributed by atoms with van der Waals surface area (Å²) in [6.07, 6.45) is 0.455. The van der Waals surface area contributed by atoms with Gasteiger partial charge in [0.05, 0.1) is 68.4 Å². The molecule has 5 N–H and O–H groups in total. The number of fused-ring (bicyclic) bond motifs is 6. The van der Waals surface area contributed by atoms with Crippen LogP contribution in [0.4, 0.5) is 57.1 Å². The largest absolute Gasteiger partial charge is 0.461 e. The van der Waals surface area contributed by atoms with Gasteiger partial charge in [-0.3, -0.25) is 29.3 Å². The number of oxime groups is 4. The highest BCUT2D eigenvalue weighted by Crippen LogP contribution is 2.47. The molecule has 3 aromatic rings. The van der Waals surface area contributed by atoms with Crippen molar-refractivity contribution in [2.75, 3.05) is 99.8 Å². The van der Waals surface area contributed by atoms with Crippen LogP contribution in [-0.4, -0.2) is 272 Å². The summed E-state index contributed by atoms with van der Waals surface area (Å²) in [4.78, 5) is 97.0. The third-order valence-corrected chi connectivity index (χ3v) is 22.0. The summed E-state index contributed by atoms with van der Waals surface area (Å²) in [5.41, 5.74) is 1.49.